The molecule has 0 saturated heterocycles. The van der Waals surface area contributed by atoms with Gasteiger partial charge in [-0.3, -0.25) is 0 Å². The standard InChI is InChI=1S/C7H18OSi/c1-5-7(2)6-9(3,4)8/h7-8H,5-6H2,1-4H3. The topological polar surface area (TPSA) is 20.2 Å². The first kappa shape index (κ1) is 9.18. The van der Waals surface area contributed by atoms with E-state index in [0.717, 1.165) is 6.04 Å². The molecule has 0 amide bonds. The van der Waals surface area contributed by atoms with Gasteiger partial charge in [0.05, 0.1) is 0 Å². The third-order valence-corrected chi connectivity index (χ3v) is 3.24. The van der Waals surface area contributed by atoms with Crippen molar-refractivity contribution in [2.75, 3.05) is 0 Å². The summed E-state index contributed by atoms with van der Waals surface area (Å²) in [5.74, 6) is 0.705. The van der Waals surface area contributed by atoms with E-state index in [1.807, 2.05) is 13.1 Å². The van der Waals surface area contributed by atoms with Crippen LogP contribution in [0.3, 0.4) is 0 Å². The summed E-state index contributed by atoms with van der Waals surface area (Å²) in [4.78, 5) is 9.46. The van der Waals surface area contributed by atoms with Crippen LogP contribution in [-0.2, 0) is 0 Å². The first-order valence-electron chi connectivity index (χ1n) is 3.68. The zero-order chi connectivity index (χ0) is 7.49. The van der Waals surface area contributed by atoms with Crippen molar-refractivity contribution in [3.63, 3.8) is 0 Å². The van der Waals surface area contributed by atoms with E-state index >= 15 is 0 Å². The highest BCUT2D eigenvalue weighted by Gasteiger charge is 2.18. The van der Waals surface area contributed by atoms with Gasteiger partial charge < -0.3 is 4.80 Å². The highest BCUT2D eigenvalue weighted by atomic mass is 28.4. The molecule has 0 radical (unpaired) electrons. The van der Waals surface area contributed by atoms with Gasteiger partial charge in [0.25, 0.3) is 0 Å². The molecule has 9 heavy (non-hydrogen) atoms. The van der Waals surface area contributed by atoms with Crippen molar-refractivity contribution in [2.45, 2.75) is 39.4 Å². The van der Waals surface area contributed by atoms with Gasteiger partial charge >= 0.3 is 0 Å². The molecule has 0 bridgehead atoms. The minimum atomic E-state index is -1.74. The highest BCUT2D eigenvalue weighted by molar-refractivity contribution is 6.69. The van der Waals surface area contributed by atoms with Gasteiger partial charge in [-0.15, -0.1) is 0 Å². The van der Waals surface area contributed by atoms with Crippen LogP contribution in [-0.4, -0.2) is 13.1 Å². The molecule has 1 N–H and O–H groups in total. The second kappa shape index (κ2) is 3.37. The molecule has 0 aliphatic carbocycles. The Morgan fingerprint density at radius 2 is 1.89 bits per heavy atom. The molecule has 2 heteroatoms. The maximum absolute atomic E-state index is 9.46. The lowest BCUT2D eigenvalue weighted by Crippen LogP contribution is -2.27. The average Bonchev–Trinajstić information content (AvgIpc) is 1.62. The van der Waals surface area contributed by atoms with Crippen LogP contribution in [0.15, 0.2) is 0 Å². The van der Waals surface area contributed by atoms with Gasteiger partial charge in [-0.05, 0) is 25.1 Å². The van der Waals surface area contributed by atoms with Gasteiger partial charge in [0.1, 0.15) is 0 Å². The number of hydrogen-bond donors (Lipinski definition) is 1. The van der Waals surface area contributed by atoms with Crippen LogP contribution in [0.2, 0.25) is 19.1 Å². The maximum Gasteiger partial charge on any atom is 0.182 e. The van der Waals surface area contributed by atoms with E-state index in [9.17, 15) is 4.80 Å². The van der Waals surface area contributed by atoms with Gasteiger partial charge in [-0.1, -0.05) is 20.3 Å². The van der Waals surface area contributed by atoms with Crippen molar-refractivity contribution in [3.8, 4) is 0 Å². The molecule has 0 rings (SSSR count). The molecule has 0 aliphatic heterocycles. The monoisotopic (exact) mass is 146 g/mol. The molecule has 0 heterocycles. The zero-order valence-electron chi connectivity index (χ0n) is 6.94. The quantitative estimate of drug-likeness (QED) is 0.605. The van der Waals surface area contributed by atoms with Crippen LogP contribution in [0, 0.1) is 5.92 Å². The van der Waals surface area contributed by atoms with Crippen molar-refractivity contribution >= 4 is 8.32 Å². The van der Waals surface area contributed by atoms with Crippen LogP contribution >= 0.6 is 0 Å². The van der Waals surface area contributed by atoms with E-state index in [4.69, 9.17) is 0 Å². The van der Waals surface area contributed by atoms with Gasteiger partial charge in [-0.25, -0.2) is 0 Å². The summed E-state index contributed by atoms with van der Waals surface area (Å²) in [5, 5.41) is 0. The van der Waals surface area contributed by atoms with Crippen LogP contribution in [0.1, 0.15) is 20.3 Å². The molecule has 0 fully saturated rings. The zero-order valence-corrected chi connectivity index (χ0v) is 7.94. The smallest absolute Gasteiger partial charge is 0.182 e. The summed E-state index contributed by atoms with van der Waals surface area (Å²) >= 11 is 0. The Kier molecular flexibility index (Phi) is 3.44. The maximum atomic E-state index is 9.46. The normalized spacial score (nSPS) is 15.7. The molecular weight excluding hydrogens is 128 g/mol. The SMILES string of the molecule is CCC(C)C[Si](C)(C)O. The second-order valence-corrected chi connectivity index (χ2v) is 7.56. The van der Waals surface area contributed by atoms with Crippen LogP contribution in [0.4, 0.5) is 0 Å². The van der Waals surface area contributed by atoms with Crippen molar-refractivity contribution in [1.82, 2.24) is 0 Å². The van der Waals surface area contributed by atoms with Gasteiger partial charge in [0, 0.05) is 0 Å². The summed E-state index contributed by atoms with van der Waals surface area (Å²) in [6.45, 7) is 8.37. The first-order chi connectivity index (χ1) is 3.95. The number of rotatable bonds is 3. The lowest BCUT2D eigenvalue weighted by Gasteiger charge is -2.17. The Morgan fingerprint density at radius 3 is 2.00 bits per heavy atom. The Balaban J connectivity index is 3.47. The van der Waals surface area contributed by atoms with Crippen LogP contribution in [0.25, 0.3) is 0 Å². The Hall–Kier alpha value is 0.177. The van der Waals surface area contributed by atoms with E-state index in [2.05, 4.69) is 13.8 Å². The molecule has 0 saturated carbocycles. The van der Waals surface area contributed by atoms with Crippen LogP contribution < -0.4 is 0 Å². The Morgan fingerprint density at radius 1 is 1.44 bits per heavy atom. The lowest BCUT2D eigenvalue weighted by molar-refractivity contribution is 0.509. The molecule has 56 valence electrons. The molecule has 1 nitrogen and oxygen atoms in total. The van der Waals surface area contributed by atoms with E-state index in [-0.39, 0.29) is 0 Å². The van der Waals surface area contributed by atoms with Gasteiger partial charge in [0.2, 0.25) is 0 Å². The largest absolute Gasteiger partial charge is 0.432 e. The van der Waals surface area contributed by atoms with E-state index in [1.54, 1.807) is 0 Å². The average molecular weight is 146 g/mol. The fourth-order valence-electron chi connectivity index (χ4n) is 0.997. The molecule has 1 unspecified atom stereocenters. The van der Waals surface area contributed by atoms with Crippen molar-refractivity contribution in [1.29, 1.82) is 0 Å². The summed E-state index contributed by atoms with van der Waals surface area (Å²) in [6.07, 6.45) is 1.19. The number of hydrogen-bond acceptors (Lipinski definition) is 1. The predicted octanol–water partition coefficient (Wildman–Crippen LogP) is 2.23. The minimum Gasteiger partial charge on any atom is -0.432 e. The summed E-state index contributed by atoms with van der Waals surface area (Å²) in [5.41, 5.74) is 0. The van der Waals surface area contributed by atoms with Crippen molar-refractivity contribution in [2.24, 2.45) is 5.92 Å². The molecule has 0 aliphatic rings. The second-order valence-electron chi connectivity index (χ2n) is 3.53. The molecule has 0 spiro atoms. The fraction of sp³-hybridized carbons (Fsp3) is 1.00. The summed E-state index contributed by atoms with van der Waals surface area (Å²) in [6, 6.07) is 1.05. The van der Waals surface area contributed by atoms with Gasteiger partial charge in [0.15, 0.2) is 8.32 Å². The lowest BCUT2D eigenvalue weighted by atomic mass is 10.2. The van der Waals surface area contributed by atoms with E-state index in [1.165, 1.54) is 6.42 Å². The van der Waals surface area contributed by atoms with E-state index < -0.39 is 8.32 Å². The Labute approximate surface area is 59.2 Å². The first-order valence-corrected chi connectivity index (χ1v) is 6.83. The molecule has 1 atom stereocenters. The third-order valence-electron chi connectivity index (χ3n) is 1.54. The highest BCUT2D eigenvalue weighted by Crippen LogP contribution is 2.15. The van der Waals surface area contributed by atoms with Crippen molar-refractivity contribution in [3.05, 3.63) is 0 Å². The molecule has 0 aromatic rings. The van der Waals surface area contributed by atoms with Gasteiger partial charge in [-0.2, -0.15) is 0 Å². The predicted molar refractivity (Wildman–Crippen MR) is 44.0 cm³/mol. The van der Waals surface area contributed by atoms with Crippen LogP contribution in [0.5, 0.6) is 0 Å². The minimum absolute atomic E-state index is 0.705. The molecular formula is C7H18OSi. The van der Waals surface area contributed by atoms with Crippen molar-refractivity contribution < 1.29 is 4.80 Å². The third kappa shape index (κ3) is 6.06. The summed E-state index contributed by atoms with van der Waals surface area (Å²) in [7, 11) is -1.74. The summed E-state index contributed by atoms with van der Waals surface area (Å²) < 4.78 is 0. The fourth-order valence-corrected chi connectivity index (χ4v) is 2.99. The Bertz CT molecular complexity index is 75.5. The van der Waals surface area contributed by atoms with E-state index in [0.29, 0.717) is 5.92 Å². The molecule has 0 aromatic carbocycles. The molecule has 0 aromatic heterocycles.